The average Bonchev–Trinajstić information content (AvgIpc) is 2.41. The van der Waals surface area contributed by atoms with Crippen molar-refractivity contribution in [2.75, 3.05) is 49.3 Å². The zero-order chi connectivity index (χ0) is 15.0. The number of primary amides is 1. The summed E-state index contributed by atoms with van der Waals surface area (Å²) in [6.45, 7) is 3.73. The first-order chi connectivity index (χ1) is 9.52. The molecule has 1 heterocycles. The van der Waals surface area contributed by atoms with Crippen LogP contribution in [0.3, 0.4) is 0 Å². The lowest BCUT2D eigenvalue weighted by molar-refractivity contribution is 0.249. The van der Waals surface area contributed by atoms with E-state index in [1.165, 1.54) is 0 Å². The Bertz CT molecular complexity index is 436. The maximum absolute atomic E-state index is 10.6. The highest BCUT2D eigenvalue weighted by Gasteiger charge is 2.07. The van der Waals surface area contributed by atoms with Crippen LogP contribution in [-0.4, -0.2) is 54.7 Å². The van der Waals surface area contributed by atoms with Gasteiger partial charge < -0.3 is 26.6 Å². The van der Waals surface area contributed by atoms with Crippen LogP contribution in [0.1, 0.15) is 13.3 Å². The van der Waals surface area contributed by atoms with Crippen molar-refractivity contribution in [3.63, 3.8) is 0 Å². The predicted molar refractivity (Wildman–Crippen MR) is 79.0 cm³/mol. The maximum Gasteiger partial charge on any atom is 0.312 e. The van der Waals surface area contributed by atoms with Gasteiger partial charge in [-0.3, -0.25) is 0 Å². The molecule has 1 aromatic rings. The van der Waals surface area contributed by atoms with Crippen molar-refractivity contribution in [3.05, 3.63) is 0 Å². The first-order valence-electron chi connectivity index (χ1n) is 6.47. The zero-order valence-electron chi connectivity index (χ0n) is 12.1. The fraction of sp³-hybridized carbons (Fsp3) is 0.636. The van der Waals surface area contributed by atoms with Gasteiger partial charge in [-0.2, -0.15) is 15.0 Å². The molecule has 9 heteroatoms. The van der Waals surface area contributed by atoms with Gasteiger partial charge in [0.1, 0.15) is 0 Å². The van der Waals surface area contributed by atoms with Crippen LogP contribution in [0.4, 0.5) is 22.6 Å². The second-order valence-corrected chi connectivity index (χ2v) is 4.32. The molecule has 20 heavy (non-hydrogen) atoms. The molecule has 0 saturated heterocycles. The number of aromatic nitrogens is 3. The van der Waals surface area contributed by atoms with Crippen LogP contribution in [0.5, 0.6) is 0 Å². The molecule has 0 saturated carbocycles. The van der Waals surface area contributed by atoms with E-state index in [0.717, 1.165) is 13.0 Å². The molecule has 0 fully saturated rings. The summed E-state index contributed by atoms with van der Waals surface area (Å²) in [4.78, 5) is 25.2. The molecule has 0 bridgehead atoms. The smallest absolute Gasteiger partial charge is 0.312 e. The number of nitrogens with two attached hydrogens (primary N) is 1. The fourth-order valence-electron chi connectivity index (χ4n) is 1.32. The Morgan fingerprint density at radius 2 is 1.70 bits per heavy atom. The molecule has 9 nitrogen and oxygen atoms in total. The van der Waals surface area contributed by atoms with E-state index in [1.54, 1.807) is 4.90 Å². The topological polar surface area (TPSA) is 121 Å². The van der Waals surface area contributed by atoms with E-state index >= 15 is 0 Å². The van der Waals surface area contributed by atoms with Crippen molar-refractivity contribution in [2.45, 2.75) is 13.3 Å². The molecule has 1 rings (SSSR count). The Kier molecular flexibility index (Phi) is 6.27. The van der Waals surface area contributed by atoms with Gasteiger partial charge in [-0.25, -0.2) is 4.79 Å². The summed E-state index contributed by atoms with van der Waals surface area (Å²) in [7, 11) is 3.72. The van der Waals surface area contributed by atoms with Gasteiger partial charge in [0.2, 0.25) is 17.8 Å². The summed E-state index contributed by atoms with van der Waals surface area (Å²) >= 11 is 0. The van der Waals surface area contributed by atoms with Crippen LogP contribution in [0.25, 0.3) is 0 Å². The number of nitrogens with one attached hydrogen (secondary N) is 3. The van der Waals surface area contributed by atoms with E-state index in [-0.39, 0.29) is 0 Å². The van der Waals surface area contributed by atoms with Gasteiger partial charge in [0.25, 0.3) is 0 Å². The molecular weight excluding hydrogens is 260 g/mol. The second-order valence-electron chi connectivity index (χ2n) is 4.32. The van der Waals surface area contributed by atoms with E-state index in [1.807, 2.05) is 14.1 Å². The molecule has 0 spiro atoms. The van der Waals surface area contributed by atoms with Gasteiger partial charge in [-0.15, -0.1) is 0 Å². The minimum Gasteiger partial charge on any atom is -0.354 e. The largest absolute Gasteiger partial charge is 0.354 e. The third kappa shape index (κ3) is 5.55. The second kappa shape index (κ2) is 7.97. The SMILES string of the molecule is CCCNc1nc(NCCNC(N)=O)nc(N(C)C)n1. The Morgan fingerprint density at radius 1 is 1.10 bits per heavy atom. The molecule has 0 aliphatic rings. The minimum absolute atomic E-state index is 0.399. The lowest BCUT2D eigenvalue weighted by Crippen LogP contribution is -2.33. The zero-order valence-corrected chi connectivity index (χ0v) is 12.1. The molecule has 2 amide bonds. The van der Waals surface area contributed by atoms with Gasteiger partial charge in [-0.05, 0) is 6.42 Å². The lowest BCUT2D eigenvalue weighted by atomic mass is 10.5. The molecule has 0 atom stereocenters. The third-order valence-corrected chi connectivity index (χ3v) is 2.26. The number of rotatable bonds is 8. The molecule has 0 radical (unpaired) electrons. The van der Waals surface area contributed by atoms with Crippen LogP contribution < -0.4 is 26.6 Å². The van der Waals surface area contributed by atoms with Gasteiger partial charge in [0.05, 0.1) is 0 Å². The summed E-state index contributed by atoms with van der Waals surface area (Å²) < 4.78 is 0. The van der Waals surface area contributed by atoms with Crippen molar-refractivity contribution in [2.24, 2.45) is 5.73 Å². The predicted octanol–water partition coefficient (Wildman–Crippen LogP) is -0.160. The quantitative estimate of drug-likeness (QED) is 0.489. The standard InChI is InChI=1S/C11H22N8O/c1-4-5-14-9-16-10(15-7-6-13-8(12)20)18-11(17-9)19(2)3/h4-7H2,1-3H3,(H3,12,13,20)(H2,14,15,16,17,18). The Morgan fingerprint density at radius 3 is 2.20 bits per heavy atom. The first-order valence-corrected chi connectivity index (χ1v) is 6.47. The number of carbonyl (C=O) groups excluding carboxylic acids is 1. The molecule has 0 aliphatic carbocycles. The van der Waals surface area contributed by atoms with E-state index in [2.05, 4.69) is 37.8 Å². The lowest BCUT2D eigenvalue weighted by Gasteiger charge is -2.14. The molecule has 0 unspecified atom stereocenters. The number of anilines is 3. The number of amides is 2. The number of carbonyl (C=O) groups is 1. The van der Waals surface area contributed by atoms with Crippen LogP contribution in [0, 0.1) is 0 Å². The number of hydrogen-bond acceptors (Lipinski definition) is 7. The van der Waals surface area contributed by atoms with E-state index < -0.39 is 6.03 Å². The summed E-state index contributed by atoms with van der Waals surface area (Å²) in [6, 6.07) is -0.554. The number of nitrogens with zero attached hydrogens (tertiary/aromatic N) is 4. The van der Waals surface area contributed by atoms with Crippen molar-refractivity contribution in [1.29, 1.82) is 0 Å². The van der Waals surface area contributed by atoms with E-state index in [0.29, 0.717) is 30.9 Å². The summed E-state index contributed by atoms with van der Waals surface area (Å²) in [5.74, 6) is 1.54. The van der Waals surface area contributed by atoms with Crippen molar-refractivity contribution >= 4 is 23.9 Å². The Hall–Kier alpha value is -2.32. The van der Waals surface area contributed by atoms with Crippen LogP contribution in [0.2, 0.25) is 0 Å². The maximum atomic E-state index is 10.6. The third-order valence-electron chi connectivity index (χ3n) is 2.26. The number of hydrogen-bond donors (Lipinski definition) is 4. The Balaban J connectivity index is 2.67. The normalized spacial score (nSPS) is 9.95. The molecule has 0 aliphatic heterocycles. The van der Waals surface area contributed by atoms with Gasteiger partial charge in [0.15, 0.2) is 0 Å². The monoisotopic (exact) mass is 282 g/mol. The van der Waals surface area contributed by atoms with E-state index in [9.17, 15) is 4.79 Å². The van der Waals surface area contributed by atoms with Crippen molar-refractivity contribution in [1.82, 2.24) is 20.3 Å². The van der Waals surface area contributed by atoms with Crippen LogP contribution >= 0.6 is 0 Å². The number of urea groups is 1. The van der Waals surface area contributed by atoms with Crippen LogP contribution in [0.15, 0.2) is 0 Å². The molecule has 1 aromatic heterocycles. The first kappa shape index (κ1) is 15.7. The fourth-order valence-corrected chi connectivity index (χ4v) is 1.32. The highest BCUT2D eigenvalue weighted by molar-refractivity contribution is 5.71. The van der Waals surface area contributed by atoms with Crippen molar-refractivity contribution < 1.29 is 4.79 Å². The highest BCUT2D eigenvalue weighted by Crippen LogP contribution is 2.11. The average molecular weight is 282 g/mol. The summed E-state index contributed by atoms with van der Waals surface area (Å²) in [5.41, 5.74) is 4.98. The molecule has 112 valence electrons. The summed E-state index contributed by atoms with van der Waals surface area (Å²) in [5, 5.41) is 8.61. The minimum atomic E-state index is -0.554. The highest BCUT2D eigenvalue weighted by atomic mass is 16.2. The van der Waals surface area contributed by atoms with Crippen LogP contribution in [-0.2, 0) is 0 Å². The Labute approximate surface area is 118 Å². The van der Waals surface area contributed by atoms with Gasteiger partial charge >= 0.3 is 6.03 Å². The summed E-state index contributed by atoms with van der Waals surface area (Å²) in [6.07, 6.45) is 0.980. The molecule has 5 N–H and O–H groups in total. The molecule has 0 aromatic carbocycles. The van der Waals surface area contributed by atoms with Gasteiger partial charge in [0, 0.05) is 33.7 Å². The van der Waals surface area contributed by atoms with Crippen molar-refractivity contribution in [3.8, 4) is 0 Å². The van der Waals surface area contributed by atoms with E-state index in [4.69, 9.17) is 5.73 Å². The molecular formula is C11H22N8O. The van der Waals surface area contributed by atoms with Gasteiger partial charge in [-0.1, -0.05) is 6.92 Å².